The zero-order valence-corrected chi connectivity index (χ0v) is 44.6. The Balaban J connectivity index is 0.00000631. The second kappa shape index (κ2) is 21.1. The van der Waals surface area contributed by atoms with Crippen LogP contribution in [0.1, 0.15) is 60.3 Å². The topological polar surface area (TPSA) is 50.9 Å². The van der Waals surface area contributed by atoms with Gasteiger partial charge in [-0.2, -0.15) is 0 Å². The van der Waals surface area contributed by atoms with Gasteiger partial charge in [0.25, 0.3) is 0 Å². The summed E-state index contributed by atoms with van der Waals surface area (Å²) in [6.07, 6.45) is 4.55. The minimum atomic E-state index is -1.36. The Hall–Kier alpha value is -7.91. The maximum Gasteiger partial charge on any atom is 0.148 e. The van der Waals surface area contributed by atoms with Crippen molar-refractivity contribution in [1.29, 1.82) is 0 Å². The average Bonchev–Trinajstić information content (AvgIpc) is 4.21. The van der Waals surface area contributed by atoms with Gasteiger partial charge in [-0.05, 0) is 104 Å². The Labute approximate surface area is 458 Å². The van der Waals surface area contributed by atoms with Gasteiger partial charge in [0.15, 0.2) is 0 Å². The number of hydrogen-bond acceptors (Lipinski definition) is 3. The summed E-state index contributed by atoms with van der Waals surface area (Å²) in [6, 6.07) is 79.0. The second-order valence-electron chi connectivity index (χ2n) is 20.6. The van der Waals surface area contributed by atoms with Crippen LogP contribution < -0.4 is 0 Å². The molecule has 0 atom stereocenters. The predicted octanol–water partition coefficient (Wildman–Crippen LogP) is 18.3. The van der Waals surface area contributed by atoms with E-state index >= 15 is 0 Å². The van der Waals surface area contributed by atoms with Crippen LogP contribution in [-0.2, 0) is 32.9 Å². The van der Waals surface area contributed by atoms with E-state index in [1.54, 1.807) is 0 Å². The molecule has 0 bridgehead atoms. The van der Waals surface area contributed by atoms with Crippen LogP contribution in [0.3, 0.4) is 0 Å². The summed E-state index contributed by atoms with van der Waals surface area (Å²) in [7, 11) is 0. The molecule has 0 amide bonds. The minimum Gasteiger partial charge on any atom is -0.507 e. The summed E-state index contributed by atoms with van der Waals surface area (Å²) < 4.78 is 20.3. The molecular weight excluding hydrogens is 1090 g/mol. The van der Waals surface area contributed by atoms with E-state index in [4.69, 9.17) is 12.7 Å². The normalized spacial score (nSPS) is 13.3. The number of aromatic hydroxyl groups is 1. The minimum absolute atomic E-state index is 0. The number of pyridine rings is 1. The smallest absolute Gasteiger partial charge is 0.148 e. The average molecular weight is 1150 g/mol. The number of para-hydroxylation sites is 1. The maximum atomic E-state index is 12.8. The zero-order chi connectivity index (χ0) is 52.0. The standard InChI is InChI=1S/C70H58N3O.Pt/c1-70(2,3)59-35-36-65(61(46-59)52-25-12-6-13-26-52)73-66-30-18-29-60(67(66)72-69(73)63-44-56(50-23-10-5-11-24-50)43-62(68(63)74)53-27-14-7-15-28-53)57-40-55(49-21-8-4-9-22-49)41-58(42-57)64-45-54(37-38-71-64)51-33-31-48(32-34-51)39-47-19-16-17-20-47;/h4-15,18,21-38,40-41,43-47,74H,16-17,19-20,39H2,1-3H3;/q-1;/i39D2;. The number of rotatable bonds is 11. The van der Waals surface area contributed by atoms with E-state index < -0.39 is 6.37 Å². The molecule has 1 aliphatic carbocycles. The van der Waals surface area contributed by atoms with Crippen molar-refractivity contribution in [2.24, 2.45) is 5.92 Å². The van der Waals surface area contributed by atoms with Crippen LogP contribution in [0.25, 0.3) is 106 Å². The molecule has 5 heteroatoms. The van der Waals surface area contributed by atoms with E-state index in [1.807, 2.05) is 91.1 Å². The first-order chi connectivity index (χ1) is 37.0. The van der Waals surface area contributed by atoms with Gasteiger partial charge in [-0.3, -0.25) is 9.55 Å². The quantitative estimate of drug-likeness (QED) is 0.131. The first kappa shape index (κ1) is 46.8. The Morgan fingerprint density at radius 1 is 0.533 bits per heavy atom. The van der Waals surface area contributed by atoms with Crippen LogP contribution in [-0.4, -0.2) is 19.6 Å². The fraction of sp³-hybridized carbons (Fsp3) is 0.143. The number of benzene rings is 9. The van der Waals surface area contributed by atoms with Gasteiger partial charge in [0.05, 0.1) is 22.3 Å². The molecule has 9 aromatic carbocycles. The third-order valence-electron chi connectivity index (χ3n) is 14.7. The van der Waals surface area contributed by atoms with Crippen LogP contribution in [0.15, 0.2) is 225 Å². The fourth-order valence-corrected chi connectivity index (χ4v) is 10.7. The van der Waals surface area contributed by atoms with E-state index in [2.05, 4.69) is 165 Å². The molecular formula is C70H58N3OPt-. The molecule has 1 fully saturated rings. The number of fused-ring (bicyclic) bond motifs is 1. The van der Waals surface area contributed by atoms with Crippen molar-refractivity contribution in [1.82, 2.24) is 14.5 Å². The number of nitrogens with zero attached hydrogens (tertiary/aromatic N) is 3. The summed E-state index contributed by atoms with van der Waals surface area (Å²) in [4.78, 5) is 10.7. The Kier molecular flexibility index (Phi) is 13.2. The third-order valence-corrected chi connectivity index (χ3v) is 14.7. The Morgan fingerprint density at radius 3 is 1.75 bits per heavy atom. The molecule has 1 N–H and O–H groups in total. The Bertz CT molecular complexity index is 3880. The molecule has 0 spiro atoms. The number of phenols is 1. The van der Waals surface area contributed by atoms with Gasteiger partial charge in [0, 0.05) is 46.8 Å². The molecule has 2 aromatic heterocycles. The molecule has 0 aliphatic heterocycles. The molecule has 2 heterocycles. The summed E-state index contributed by atoms with van der Waals surface area (Å²) in [5, 5.41) is 12.8. The molecule has 1 aliphatic rings. The predicted molar refractivity (Wildman–Crippen MR) is 307 cm³/mol. The van der Waals surface area contributed by atoms with E-state index in [1.165, 1.54) is 5.56 Å². The largest absolute Gasteiger partial charge is 0.507 e. The number of aromatic nitrogens is 3. The first-order valence-electron chi connectivity index (χ1n) is 26.9. The van der Waals surface area contributed by atoms with Crippen molar-refractivity contribution in [2.45, 2.75) is 58.2 Å². The molecule has 12 rings (SSSR count). The molecule has 75 heavy (non-hydrogen) atoms. The number of hydrogen-bond donors (Lipinski definition) is 1. The van der Waals surface area contributed by atoms with Crippen molar-refractivity contribution < 1.29 is 28.9 Å². The SMILES string of the molecule is [2H]C([2H])(c1ccc(-c2ccnc(-c3[c-]c(-c4cccc5c4nc(-c4cc(-c6ccccc6)cc(-c6ccccc6)c4O)n5-c4ccc(C(C)(C)C)cc4-c4ccccc4)cc(-c4ccccc4)c3)c2)cc1)C1CCCC1.[Pt]. The zero-order valence-electron chi connectivity index (χ0n) is 44.4. The molecule has 0 unspecified atom stereocenters. The van der Waals surface area contributed by atoms with Gasteiger partial charge >= 0.3 is 0 Å². The number of phenolic OH excluding ortho intramolecular Hbond substituents is 1. The summed E-state index contributed by atoms with van der Waals surface area (Å²) >= 11 is 0. The van der Waals surface area contributed by atoms with Crippen LogP contribution >= 0.6 is 0 Å². The number of imidazole rings is 1. The third kappa shape index (κ3) is 10.1. The first-order valence-corrected chi connectivity index (χ1v) is 25.9. The van der Waals surface area contributed by atoms with Gasteiger partial charge in [0.2, 0.25) is 0 Å². The summed E-state index contributed by atoms with van der Waals surface area (Å²) in [5.41, 5.74) is 18.1. The molecule has 0 saturated heterocycles. The van der Waals surface area contributed by atoms with Crippen molar-refractivity contribution in [2.75, 3.05) is 0 Å². The second-order valence-corrected chi connectivity index (χ2v) is 20.6. The van der Waals surface area contributed by atoms with Crippen molar-refractivity contribution in [3.05, 3.63) is 242 Å². The van der Waals surface area contributed by atoms with Crippen molar-refractivity contribution in [3.8, 4) is 101 Å². The molecule has 1 saturated carbocycles. The van der Waals surface area contributed by atoms with Crippen LogP contribution in [0.4, 0.5) is 0 Å². The fourth-order valence-electron chi connectivity index (χ4n) is 10.7. The Morgan fingerprint density at radius 2 is 1.11 bits per heavy atom. The summed E-state index contributed by atoms with van der Waals surface area (Å²) in [6.45, 7) is 6.74. The van der Waals surface area contributed by atoms with Crippen LogP contribution in [0.2, 0.25) is 0 Å². The van der Waals surface area contributed by atoms with Gasteiger partial charge in [-0.25, -0.2) is 4.98 Å². The van der Waals surface area contributed by atoms with Crippen molar-refractivity contribution >= 4 is 11.0 Å². The molecule has 0 radical (unpaired) electrons. The molecule has 11 aromatic rings. The maximum absolute atomic E-state index is 12.8. The van der Waals surface area contributed by atoms with E-state index in [0.717, 1.165) is 120 Å². The monoisotopic (exact) mass is 1150 g/mol. The van der Waals surface area contributed by atoms with E-state index in [-0.39, 0.29) is 38.1 Å². The van der Waals surface area contributed by atoms with Gasteiger partial charge in [-0.15, -0.1) is 23.8 Å². The van der Waals surface area contributed by atoms with Crippen LogP contribution in [0, 0.1) is 12.0 Å². The van der Waals surface area contributed by atoms with Gasteiger partial charge in [-0.1, -0.05) is 233 Å². The molecule has 4 nitrogen and oxygen atoms in total. The molecule has 370 valence electrons. The van der Waals surface area contributed by atoms with Crippen molar-refractivity contribution in [3.63, 3.8) is 0 Å². The van der Waals surface area contributed by atoms with E-state index in [0.29, 0.717) is 17.0 Å². The summed E-state index contributed by atoms with van der Waals surface area (Å²) in [5.74, 6) is 0.798. The van der Waals surface area contributed by atoms with Gasteiger partial charge < -0.3 is 5.11 Å². The van der Waals surface area contributed by atoms with Gasteiger partial charge in [0.1, 0.15) is 11.6 Å². The van der Waals surface area contributed by atoms with E-state index in [9.17, 15) is 5.11 Å². The van der Waals surface area contributed by atoms with Crippen LogP contribution in [0.5, 0.6) is 5.75 Å².